The molecule has 1 saturated heterocycles. The summed E-state index contributed by atoms with van der Waals surface area (Å²) in [7, 11) is 0. The molecule has 0 radical (unpaired) electrons. The predicted molar refractivity (Wildman–Crippen MR) is 109 cm³/mol. The standard InChI is InChI=1S/C24H28FNO3/c25-20-9-7-18(8-10-20)15-24(27)26(21-11-12-21)16-19-4-3-6-22(14-19)29-17-23-5-1-2-13-28-23/h3-4,6-10,14,21,23H,1-2,5,11-13,15-17H2/t23-/m1/s1. The van der Waals surface area contributed by atoms with E-state index >= 15 is 0 Å². The molecule has 2 aromatic carbocycles. The van der Waals surface area contributed by atoms with E-state index in [9.17, 15) is 9.18 Å². The third kappa shape index (κ3) is 5.80. The lowest BCUT2D eigenvalue weighted by Crippen LogP contribution is -2.33. The number of benzene rings is 2. The Labute approximate surface area is 171 Å². The predicted octanol–water partition coefficient (Wildman–Crippen LogP) is 4.51. The van der Waals surface area contributed by atoms with Crippen LogP contribution in [-0.2, 0) is 22.5 Å². The van der Waals surface area contributed by atoms with Crippen molar-refractivity contribution in [3.63, 3.8) is 0 Å². The van der Waals surface area contributed by atoms with Crippen LogP contribution in [0.1, 0.15) is 43.2 Å². The average molecular weight is 397 g/mol. The fourth-order valence-electron chi connectivity index (χ4n) is 3.74. The molecule has 154 valence electrons. The van der Waals surface area contributed by atoms with Crippen LogP contribution in [0.4, 0.5) is 4.39 Å². The molecule has 1 atom stereocenters. The van der Waals surface area contributed by atoms with Crippen molar-refractivity contribution in [3.05, 3.63) is 65.5 Å². The van der Waals surface area contributed by atoms with Crippen molar-refractivity contribution in [2.24, 2.45) is 0 Å². The third-order valence-electron chi connectivity index (χ3n) is 5.54. The Balaban J connectivity index is 1.36. The molecular formula is C24H28FNO3. The highest BCUT2D eigenvalue weighted by molar-refractivity contribution is 5.79. The Hall–Kier alpha value is -2.40. The number of carbonyl (C=O) groups excluding carboxylic acids is 1. The summed E-state index contributed by atoms with van der Waals surface area (Å²) in [6, 6.07) is 14.5. The van der Waals surface area contributed by atoms with Crippen molar-refractivity contribution in [1.29, 1.82) is 0 Å². The Morgan fingerprint density at radius 3 is 2.62 bits per heavy atom. The van der Waals surface area contributed by atoms with Gasteiger partial charge < -0.3 is 14.4 Å². The van der Waals surface area contributed by atoms with Gasteiger partial charge in [-0.05, 0) is 67.5 Å². The van der Waals surface area contributed by atoms with Crippen LogP contribution >= 0.6 is 0 Å². The summed E-state index contributed by atoms with van der Waals surface area (Å²) in [5, 5.41) is 0. The number of hydrogen-bond acceptors (Lipinski definition) is 3. The zero-order valence-corrected chi connectivity index (χ0v) is 16.7. The SMILES string of the molecule is O=C(Cc1ccc(F)cc1)N(Cc1cccc(OC[C@H]2CCCCO2)c1)C1CC1. The molecule has 1 aliphatic heterocycles. The van der Waals surface area contributed by atoms with Gasteiger partial charge in [-0.1, -0.05) is 24.3 Å². The number of rotatable bonds is 8. The van der Waals surface area contributed by atoms with Gasteiger partial charge in [-0.2, -0.15) is 0 Å². The minimum Gasteiger partial charge on any atom is -0.491 e. The largest absolute Gasteiger partial charge is 0.491 e. The van der Waals surface area contributed by atoms with Gasteiger partial charge in [-0.15, -0.1) is 0 Å². The van der Waals surface area contributed by atoms with Crippen LogP contribution < -0.4 is 4.74 Å². The van der Waals surface area contributed by atoms with E-state index in [2.05, 4.69) is 0 Å². The van der Waals surface area contributed by atoms with Gasteiger partial charge in [0.1, 0.15) is 18.2 Å². The monoisotopic (exact) mass is 397 g/mol. The van der Waals surface area contributed by atoms with Crippen LogP contribution in [0.25, 0.3) is 0 Å². The molecule has 4 rings (SSSR count). The summed E-state index contributed by atoms with van der Waals surface area (Å²) in [5.41, 5.74) is 1.90. The maximum absolute atomic E-state index is 13.1. The van der Waals surface area contributed by atoms with Crippen molar-refractivity contribution >= 4 is 5.91 Å². The van der Waals surface area contributed by atoms with Crippen LogP contribution in [0.2, 0.25) is 0 Å². The lowest BCUT2D eigenvalue weighted by molar-refractivity contribution is -0.131. The van der Waals surface area contributed by atoms with Gasteiger partial charge >= 0.3 is 0 Å². The molecule has 0 N–H and O–H groups in total. The third-order valence-corrected chi connectivity index (χ3v) is 5.54. The molecule has 0 bridgehead atoms. The summed E-state index contributed by atoms with van der Waals surface area (Å²) < 4.78 is 24.8. The zero-order valence-electron chi connectivity index (χ0n) is 16.7. The number of ether oxygens (including phenoxy) is 2. The first-order valence-corrected chi connectivity index (χ1v) is 10.5. The Kier molecular flexibility index (Phi) is 6.45. The van der Waals surface area contributed by atoms with E-state index < -0.39 is 0 Å². The van der Waals surface area contributed by atoms with Gasteiger partial charge in [0, 0.05) is 19.2 Å². The molecule has 4 nitrogen and oxygen atoms in total. The molecule has 1 aliphatic carbocycles. The summed E-state index contributed by atoms with van der Waals surface area (Å²) in [6.45, 7) is 1.96. The molecule has 1 amide bonds. The minimum absolute atomic E-state index is 0.0843. The maximum Gasteiger partial charge on any atom is 0.227 e. The number of halogens is 1. The van der Waals surface area contributed by atoms with E-state index in [1.54, 1.807) is 12.1 Å². The van der Waals surface area contributed by atoms with E-state index in [4.69, 9.17) is 9.47 Å². The molecule has 1 heterocycles. The maximum atomic E-state index is 13.1. The number of carbonyl (C=O) groups is 1. The molecule has 0 aromatic heterocycles. The van der Waals surface area contributed by atoms with Crippen LogP contribution in [-0.4, -0.2) is 36.2 Å². The molecule has 2 aliphatic rings. The van der Waals surface area contributed by atoms with Crippen LogP contribution in [0, 0.1) is 5.82 Å². The van der Waals surface area contributed by atoms with Crippen molar-refractivity contribution < 1.29 is 18.7 Å². The van der Waals surface area contributed by atoms with Crippen molar-refractivity contribution in [1.82, 2.24) is 4.90 Å². The average Bonchev–Trinajstić information content (AvgIpc) is 3.58. The first-order chi connectivity index (χ1) is 14.2. The van der Waals surface area contributed by atoms with Gasteiger partial charge in [0.15, 0.2) is 0 Å². The topological polar surface area (TPSA) is 38.8 Å². The highest BCUT2D eigenvalue weighted by Crippen LogP contribution is 2.30. The van der Waals surface area contributed by atoms with E-state index in [0.29, 0.717) is 25.6 Å². The van der Waals surface area contributed by atoms with Gasteiger partial charge in [0.05, 0.1) is 12.5 Å². The normalized spacial score (nSPS) is 19.0. The molecule has 5 heteroatoms. The molecule has 0 unspecified atom stereocenters. The summed E-state index contributed by atoms with van der Waals surface area (Å²) in [4.78, 5) is 14.8. The number of amides is 1. The van der Waals surface area contributed by atoms with Crippen molar-refractivity contribution in [3.8, 4) is 5.75 Å². The second kappa shape index (κ2) is 9.40. The fourth-order valence-corrected chi connectivity index (χ4v) is 3.74. The number of nitrogens with zero attached hydrogens (tertiary/aromatic N) is 1. The molecule has 0 spiro atoms. The number of hydrogen-bond donors (Lipinski definition) is 0. The summed E-state index contributed by atoms with van der Waals surface area (Å²) >= 11 is 0. The van der Waals surface area contributed by atoms with Crippen molar-refractivity contribution in [2.75, 3.05) is 13.2 Å². The van der Waals surface area contributed by atoms with E-state index in [0.717, 1.165) is 49.2 Å². The fraction of sp³-hybridized carbons (Fsp3) is 0.458. The smallest absolute Gasteiger partial charge is 0.227 e. The van der Waals surface area contributed by atoms with Crippen LogP contribution in [0.5, 0.6) is 5.75 Å². The first kappa shape index (κ1) is 19.9. The van der Waals surface area contributed by atoms with Gasteiger partial charge in [-0.3, -0.25) is 4.79 Å². The highest BCUT2D eigenvalue weighted by atomic mass is 19.1. The Bertz CT molecular complexity index is 813. The summed E-state index contributed by atoms with van der Waals surface area (Å²) in [6.07, 6.45) is 5.94. The van der Waals surface area contributed by atoms with Crippen LogP contribution in [0.15, 0.2) is 48.5 Å². The van der Waals surface area contributed by atoms with Gasteiger partial charge in [-0.25, -0.2) is 4.39 Å². The Morgan fingerprint density at radius 1 is 1.07 bits per heavy atom. The summed E-state index contributed by atoms with van der Waals surface area (Å²) in [5.74, 6) is 0.620. The zero-order chi connectivity index (χ0) is 20.1. The molecule has 2 aromatic rings. The van der Waals surface area contributed by atoms with E-state index in [-0.39, 0.29) is 17.8 Å². The van der Waals surface area contributed by atoms with E-state index in [1.807, 2.05) is 29.2 Å². The molecule has 29 heavy (non-hydrogen) atoms. The molecule has 1 saturated carbocycles. The first-order valence-electron chi connectivity index (χ1n) is 10.5. The second-order valence-corrected chi connectivity index (χ2v) is 8.00. The van der Waals surface area contributed by atoms with Crippen molar-refractivity contribution in [2.45, 2.75) is 57.2 Å². The molecule has 2 fully saturated rings. The Morgan fingerprint density at radius 2 is 1.90 bits per heavy atom. The van der Waals surface area contributed by atoms with E-state index in [1.165, 1.54) is 18.6 Å². The quantitative estimate of drug-likeness (QED) is 0.658. The minimum atomic E-state index is -0.282. The second-order valence-electron chi connectivity index (χ2n) is 8.00. The van der Waals surface area contributed by atoms with Gasteiger partial charge in [0.2, 0.25) is 5.91 Å². The van der Waals surface area contributed by atoms with Gasteiger partial charge in [0.25, 0.3) is 0 Å². The lowest BCUT2D eigenvalue weighted by Gasteiger charge is -2.24. The highest BCUT2D eigenvalue weighted by Gasteiger charge is 2.32. The van der Waals surface area contributed by atoms with Crippen LogP contribution in [0.3, 0.4) is 0 Å². The lowest BCUT2D eigenvalue weighted by atomic mass is 10.1. The molecular weight excluding hydrogens is 369 g/mol.